The smallest absolute Gasteiger partial charge is 0.194 e. The molecule has 4 nitrogen and oxygen atoms in total. The molecule has 0 spiro atoms. The minimum atomic E-state index is -2.05. The molecular weight excluding hydrogens is 493 g/mol. The van der Waals surface area contributed by atoms with Gasteiger partial charge in [-0.2, -0.15) is 0 Å². The monoisotopic (exact) mass is 548 g/mol. The first-order valence-corrected chi connectivity index (χ1v) is 20.6. The summed E-state index contributed by atoms with van der Waals surface area (Å²) in [7, 11) is -2.34. The Morgan fingerprint density at radius 3 is 1.92 bits per heavy atom. The Kier molecular flexibility index (Phi) is 8.82. The average molecular weight is 549 g/mol. The van der Waals surface area contributed by atoms with E-state index in [1.54, 1.807) is 7.11 Å². The minimum Gasteiger partial charge on any atom is -0.413 e. The lowest BCUT2D eigenvalue weighted by molar-refractivity contribution is -0.189. The Morgan fingerprint density at radius 1 is 0.865 bits per heavy atom. The molecule has 3 aliphatic carbocycles. The Bertz CT molecular complexity index is 897. The second kappa shape index (κ2) is 10.5. The van der Waals surface area contributed by atoms with E-state index in [4.69, 9.17) is 13.6 Å². The molecule has 3 aliphatic rings. The zero-order chi connectivity index (χ0) is 28.1. The first-order chi connectivity index (χ1) is 16.8. The van der Waals surface area contributed by atoms with Gasteiger partial charge in [-0.25, -0.2) is 0 Å². The molecule has 3 rings (SSSR count). The van der Waals surface area contributed by atoms with Crippen LogP contribution < -0.4 is 0 Å². The predicted molar refractivity (Wildman–Crippen MR) is 159 cm³/mol. The SMILES string of the molecule is CO[C@]12CC[C@@H](O[Si](C)(C)C(C)(C)C)[C@H](C#C[C@@](C)(O[Si](C)(C)C(C)(C)C)C3CCCCC3)[C@H]1CC2=O. The van der Waals surface area contributed by atoms with Gasteiger partial charge in [-0.3, -0.25) is 4.79 Å². The van der Waals surface area contributed by atoms with Gasteiger partial charge in [-0.15, -0.1) is 0 Å². The van der Waals surface area contributed by atoms with Gasteiger partial charge in [0.05, 0.1) is 12.0 Å². The van der Waals surface area contributed by atoms with Gasteiger partial charge >= 0.3 is 0 Å². The summed E-state index contributed by atoms with van der Waals surface area (Å²) >= 11 is 0. The highest BCUT2D eigenvalue weighted by Gasteiger charge is 2.62. The number of methoxy groups -OCH3 is 1. The predicted octanol–water partition coefficient (Wildman–Crippen LogP) is 8.13. The van der Waals surface area contributed by atoms with E-state index in [1.807, 2.05) is 0 Å². The van der Waals surface area contributed by atoms with Crippen LogP contribution in [-0.2, 0) is 18.4 Å². The summed E-state index contributed by atoms with van der Waals surface area (Å²) in [5.41, 5.74) is -1.15. The van der Waals surface area contributed by atoms with Gasteiger partial charge in [0.15, 0.2) is 22.4 Å². The van der Waals surface area contributed by atoms with E-state index < -0.39 is 27.8 Å². The van der Waals surface area contributed by atoms with Crippen molar-refractivity contribution in [3.8, 4) is 11.8 Å². The van der Waals surface area contributed by atoms with Gasteiger partial charge in [0, 0.05) is 19.4 Å². The van der Waals surface area contributed by atoms with Crippen LogP contribution in [0, 0.1) is 29.6 Å². The van der Waals surface area contributed by atoms with Crippen LogP contribution in [0.3, 0.4) is 0 Å². The number of Topliss-reactive ketones (excluding diaryl/α,β-unsaturated/α-hetero) is 1. The molecule has 0 N–H and O–H groups in total. The lowest BCUT2D eigenvalue weighted by atomic mass is 9.55. The number of carbonyl (C=O) groups excluding carboxylic acids is 1. The Balaban J connectivity index is 2.02. The number of ether oxygens (including phenoxy) is 1. The van der Waals surface area contributed by atoms with Crippen LogP contribution in [0.2, 0.25) is 36.3 Å². The van der Waals surface area contributed by atoms with Crippen LogP contribution in [0.5, 0.6) is 0 Å². The van der Waals surface area contributed by atoms with Crippen LogP contribution in [0.25, 0.3) is 0 Å². The minimum absolute atomic E-state index is 0.00791. The molecule has 212 valence electrons. The number of rotatable bonds is 6. The second-order valence-electron chi connectivity index (χ2n) is 15.4. The molecule has 3 saturated carbocycles. The van der Waals surface area contributed by atoms with Crippen LogP contribution in [0.4, 0.5) is 0 Å². The molecular formula is C31H56O4Si2. The van der Waals surface area contributed by atoms with E-state index >= 15 is 0 Å². The van der Waals surface area contributed by atoms with Gasteiger partial charge in [0.1, 0.15) is 11.2 Å². The molecule has 3 fully saturated rings. The molecule has 0 aromatic rings. The maximum Gasteiger partial charge on any atom is 0.194 e. The van der Waals surface area contributed by atoms with Crippen molar-refractivity contribution in [3.05, 3.63) is 0 Å². The number of carbonyl (C=O) groups is 1. The number of hydrogen-bond acceptors (Lipinski definition) is 4. The quantitative estimate of drug-likeness (QED) is 0.248. The lowest BCUT2D eigenvalue weighted by Gasteiger charge is -2.55. The summed E-state index contributed by atoms with van der Waals surface area (Å²) in [6, 6.07) is 0. The zero-order valence-corrected chi connectivity index (χ0v) is 28.1. The molecule has 0 amide bonds. The van der Waals surface area contributed by atoms with Gasteiger partial charge < -0.3 is 13.6 Å². The van der Waals surface area contributed by atoms with Crippen molar-refractivity contribution in [3.63, 3.8) is 0 Å². The van der Waals surface area contributed by atoms with Crippen LogP contribution >= 0.6 is 0 Å². The van der Waals surface area contributed by atoms with Gasteiger partial charge in [0.25, 0.3) is 0 Å². The molecule has 0 aromatic carbocycles. The standard InChI is InChI=1S/C31H56O4Si2/c1-28(2,3)36(9,10)34-26-19-21-31(33-8)25(22-27(31)32)24(26)18-20-30(7,23-16-14-13-15-17-23)35-37(11,12)29(4,5)6/h23-26H,13-17,19,21-22H2,1-12H3/t24-,25-,26-,30-,31-/m1/s1. The Hall–Kier alpha value is -0.456. The number of fused-ring (bicyclic) bond motifs is 1. The number of ketones is 1. The fourth-order valence-corrected chi connectivity index (χ4v) is 9.13. The van der Waals surface area contributed by atoms with Crippen LogP contribution in [0.15, 0.2) is 0 Å². The fraction of sp³-hybridized carbons (Fsp3) is 0.903. The molecule has 0 unspecified atom stereocenters. The van der Waals surface area contributed by atoms with Crippen molar-refractivity contribution in [1.29, 1.82) is 0 Å². The van der Waals surface area contributed by atoms with E-state index in [-0.39, 0.29) is 33.8 Å². The Labute approximate surface area is 230 Å². The third-order valence-electron chi connectivity index (χ3n) is 10.9. The Morgan fingerprint density at radius 2 is 1.43 bits per heavy atom. The summed E-state index contributed by atoms with van der Waals surface area (Å²) < 4.78 is 20.2. The highest BCUT2D eigenvalue weighted by molar-refractivity contribution is 6.74. The van der Waals surface area contributed by atoms with E-state index in [1.165, 1.54) is 32.1 Å². The molecule has 0 heterocycles. The van der Waals surface area contributed by atoms with Crippen molar-refractivity contribution in [1.82, 2.24) is 0 Å². The van der Waals surface area contributed by atoms with Crippen molar-refractivity contribution >= 4 is 22.4 Å². The first kappa shape index (κ1) is 31.1. The lowest BCUT2D eigenvalue weighted by Crippen LogP contribution is -2.65. The maximum atomic E-state index is 12.8. The van der Waals surface area contributed by atoms with Gasteiger partial charge in [-0.1, -0.05) is 72.6 Å². The number of hydrogen-bond donors (Lipinski definition) is 0. The summed E-state index contributed by atoms with van der Waals surface area (Å²) in [4.78, 5) is 12.8. The zero-order valence-electron chi connectivity index (χ0n) is 26.1. The maximum absolute atomic E-state index is 12.8. The highest BCUT2D eigenvalue weighted by atomic mass is 28.4. The van der Waals surface area contributed by atoms with Crippen LogP contribution in [0.1, 0.15) is 99.8 Å². The molecule has 0 saturated heterocycles. The molecule has 5 atom stereocenters. The molecule has 0 bridgehead atoms. The van der Waals surface area contributed by atoms with Crippen molar-refractivity contribution in [2.45, 2.75) is 153 Å². The van der Waals surface area contributed by atoms with E-state index in [2.05, 4.69) is 86.5 Å². The molecule has 0 aliphatic heterocycles. The summed E-state index contributed by atoms with van der Waals surface area (Å²) in [5, 5.41) is 0.243. The summed E-state index contributed by atoms with van der Waals surface area (Å²) in [6.45, 7) is 25.4. The summed E-state index contributed by atoms with van der Waals surface area (Å²) in [6.07, 6.45) is 8.34. The first-order valence-electron chi connectivity index (χ1n) is 14.8. The van der Waals surface area contributed by atoms with Gasteiger partial charge in [-0.05, 0) is 74.8 Å². The van der Waals surface area contributed by atoms with Crippen molar-refractivity contribution in [2.24, 2.45) is 17.8 Å². The molecule has 0 radical (unpaired) electrons. The van der Waals surface area contributed by atoms with E-state index in [9.17, 15) is 4.79 Å². The molecule has 0 aromatic heterocycles. The van der Waals surface area contributed by atoms with Gasteiger partial charge in [0.2, 0.25) is 0 Å². The van der Waals surface area contributed by atoms with E-state index in [0.717, 1.165) is 12.8 Å². The van der Waals surface area contributed by atoms with Crippen molar-refractivity contribution in [2.75, 3.05) is 7.11 Å². The van der Waals surface area contributed by atoms with E-state index in [0.29, 0.717) is 12.3 Å². The third-order valence-corrected chi connectivity index (χ3v) is 19.9. The summed E-state index contributed by atoms with van der Waals surface area (Å²) in [5.74, 6) is 8.35. The van der Waals surface area contributed by atoms with Crippen LogP contribution in [-0.4, -0.2) is 46.8 Å². The van der Waals surface area contributed by atoms with Crippen molar-refractivity contribution < 1.29 is 18.4 Å². The topological polar surface area (TPSA) is 44.8 Å². The normalized spacial score (nSPS) is 31.6. The second-order valence-corrected chi connectivity index (χ2v) is 24.9. The third kappa shape index (κ3) is 6.01. The fourth-order valence-electron chi connectivity index (χ4n) is 6.17. The average Bonchev–Trinajstić information content (AvgIpc) is 2.77. The highest BCUT2D eigenvalue weighted by Crippen LogP contribution is 2.53. The molecule has 6 heteroatoms. The largest absolute Gasteiger partial charge is 0.413 e. The molecule has 37 heavy (non-hydrogen) atoms.